The van der Waals surface area contributed by atoms with Crippen molar-refractivity contribution in [3.63, 3.8) is 0 Å². The summed E-state index contributed by atoms with van der Waals surface area (Å²) in [4.78, 5) is 9.39. The zero-order valence-electron chi connectivity index (χ0n) is 15.8. The zero-order valence-corrected chi connectivity index (χ0v) is 15.8. The molecule has 2 aliphatic rings. The number of hydrogen-bond donors (Lipinski definition) is 1. The van der Waals surface area contributed by atoms with Crippen molar-refractivity contribution in [2.24, 2.45) is 10.9 Å². The van der Waals surface area contributed by atoms with Crippen LogP contribution in [-0.2, 0) is 11.2 Å². The van der Waals surface area contributed by atoms with Gasteiger partial charge in [-0.1, -0.05) is 5.16 Å². The maximum Gasteiger partial charge on any atom is 0.193 e. The molecule has 2 saturated heterocycles. The average molecular weight is 349 g/mol. The number of aromatic nitrogens is 1. The van der Waals surface area contributed by atoms with Gasteiger partial charge >= 0.3 is 0 Å². The molecule has 0 bridgehead atoms. The molecular weight excluding hydrogens is 318 g/mol. The molecular formula is C18H31N5O2. The minimum Gasteiger partial charge on any atom is -0.379 e. The van der Waals surface area contributed by atoms with Crippen molar-refractivity contribution in [1.29, 1.82) is 0 Å². The summed E-state index contributed by atoms with van der Waals surface area (Å²) in [7, 11) is 1.87. The van der Waals surface area contributed by atoms with Gasteiger partial charge in [-0.25, -0.2) is 0 Å². The van der Waals surface area contributed by atoms with Crippen LogP contribution in [0.4, 0.5) is 0 Å². The second kappa shape index (κ2) is 8.67. The fraction of sp³-hybridized carbons (Fsp3) is 0.778. The Morgan fingerprint density at radius 3 is 2.76 bits per heavy atom. The van der Waals surface area contributed by atoms with E-state index >= 15 is 0 Å². The van der Waals surface area contributed by atoms with Crippen LogP contribution in [0.25, 0.3) is 0 Å². The van der Waals surface area contributed by atoms with Crippen molar-refractivity contribution in [3.05, 3.63) is 17.0 Å². The molecule has 25 heavy (non-hydrogen) atoms. The number of aryl methyl sites for hydroxylation is 2. The molecule has 0 aromatic carbocycles. The van der Waals surface area contributed by atoms with Crippen LogP contribution in [0.5, 0.6) is 0 Å². The van der Waals surface area contributed by atoms with Crippen LogP contribution in [-0.4, -0.2) is 80.4 Å². The van der Waals surface area contributed by atoms with Gasteiger partial charge in [-0.15, -0.1) is 0 Å². The third-order valence-electron chi connectivity index (χ3n) is 5.26. The molecule has 2 aliphatic heterocycles. The Labute approximate surface area is 150 Å². The van der Waals surface area contributed by atoms with Crippen LogP contribution < -0.4 is 5.32 Å². The van der Waals surface area contributed by atoms with Gasteiger partial charge in [-0.05, 0) is 32.6 Å². The number of nitrogens with zero attached hydrogens (tertiary/aromatic N) is 4. The summed E-state index contributed by atoms with van der Waals surface area (Å²) in [6.45, 7) is 12.1. The van der Waals surface area contributed by atoms with Crippen LogP contribution in [0.2, 0.25) is 0 Å². The quantitative estimate of drug-likeness (QED) is 0.633. The van der Waals surface area contributed by atoms with E-state index < -0.39 is 0 Å². The normalized spacial score (nSPS) is 22.6. The van der Waals surface area contributed by atoms with Gasteiger partial charge in [0.05, 0.1) is 18.9 Å². The number of aliphatic imine (C=N–C) groups is 1. The molecule has 1 N–H and O–H groups in total. The first kappa shape index (κ1) is 18.2. The molecule has 140 valence electrons. The topological polar surface area (TPSA) is 66.1 Å². The van der Waals surface area contributed by atoms with Crippen LogP contribution >= 0.6 is 0 Å². The van der Waals surface area contributed by atoms with Gasteiger partial charge in [0.1, 0.15) is 5.76 Å². The fourth-order valence-corrected chi connectivity index (χ4v) is 3.81. The minimum absolute atomic E-state index is 0.721. The molecule has 7 nitrogen and oxygen atoms in total. The predicted octanol–water partition coefficient (Wildman–Crippen LogP) is 1.06. The van der Waals surface area contributed by atoms with E-state index in [1.54, 1.807) is 0 Å². The average Bonchev–Trinajstić information content (AvgIpc) is 3.20. The maximum atomic E-state index is 5.44. The summed E-state index contributed by atoms with van der Waals surface area (Å²) in [5.74, 6) is 2.65. The number of morpholine rings is 1. The number of guanidine groups is 1. The third kappa shape index (κ3) is 4.73. The van der Waals surface area contributed by atoms with Crippen LogP contribution in [0.15, 0.2) is 9.52 Å². The van der Waals surface area contributed by atoms with Crippen molar-refractivity contribution in [3.8, 4) is 0 Å². The van der Waals surface area contributed by atoms with E-state index in [1.165, 1.54) is 18.5 Å². The molecule has 1 unspecified atom stereocenters. The van der Waals surface area contributed by atoms with Crippen molar-refractivity contribution in [2.75, 3.05) is 59.5 Å². The van der Waals surface area contributed by atoms with Gasteiger partial charge in [0.25, 0.3) is 0 Å². The SMILES string of the molecule is CN=C(NCCc1c(C)noc1C)N1CCC(CN2CCOCC2)C1. The molecule has 2 fully saturated rings. The van der Waals surface area contributed by atoms with Gasteiger partial charge < -0.3 is 19.5 Å². The van der Waals surface area contributed by atoms with E-state index in [0.717, 1.165) is 75.7 Å². The largest absolute Gasteiger partial charge is 0.379 e. The lowest BCUT2D eigenvalue weighted by atomic mass is 10.1. The predicted molar refractivity (Wildman–Crippen MR) is 98.0 cm³/mol. The van der Waals surface area contributed by atoms with Gasteiger partial charge in [-0.2, -0.15) is 0 Å². The highest BCUT2D eigenvalue weighted by molar-refractivity contribution is 5.80. The summed E-state index contributed by atoms with van der Waals surface area (Å²) in [6, 6.07) is 0. The second-order valence-corrected chi connectivity index (χ2v) is 7.04. The second-order valence-electron chi connectivity index (χ2n) is 7.04. The Bertz CT molecular complexity index is 561. The highest BCUT2D eigenvalue weighted by Gasteiger charge is 2.27. The highest BCUT2D eigenvalue weighted by atomic mass is 16.5. The van der Waals surface area contributed by atoms with Crippen molar-refractivity contribution in [1.82, 2.24) is 20.3 Å². The number of rotatable bonds is 5. The first-order valence-corrected chi connectivity index (χ1v) is 9.35. The number of nitrogens with one attached hydrogen (secondary N) is 1. The van der Waals surface area contributed by atoms with Crippen molar-refractivity contribution in [2.45, 2.75) is 26.7 Å². The van der Waals surface area contributed by atoms with Crippen LogP contribution in [0, 0.1) is 19.8 Å². The molecule has 0 radical (unpaired) electrons. The summed E-state index contributed by atoms with van der Waals surface area (Å²) < 4.78 is 10.7. The smallest absolute Gasteiger partial charge is 0.193 e. The van der Waals surface area contributed by atoms with E-state index in [2.05, 4.69) is 25.3 Å². The molecule has 1 aromatic heterocycles. The molecule has 0 amide bonds. The Morgan fingerprint density at radius 1 is 1.28 bits per heavy atom. The monoisotopic (exact) mass is 349 g/mol. The van der Waals surface area contributed by atoms with Crippen molar-refractivity contribution < 1.29 is 9.26 Å². The highest BCUT2D eigenvalue weighted by Crippen LogP contribution is 2.18. The van der Waals surface area contributed by atoms with Gasteiger partial charge in [0, 0.05) is 51.9 Å². The van der Waals surface area contributed by atoms with E-state index in [4.69, 9.17) is 9.26 Å². The third-order valence-corrected chi connectivity index (χ3v) is 5.26. The zero-order chi connectivity index (χ0) is 17.6. The van der Waals surface area contributed by atoms with Gasteiger partial charge in [0.15, 0.2) is 5.96 Å². The molecule has 1 atom stereocenters. The van der Waals surface area contributed by atoms with Crippen LogP contribution in [0.3, 0.4) is 0 Å². The van der Waals surface area contributed by atoms with E-state index in [-0.39, 0.29) is 0 Å². The summed E-state index contributed by atoms with van der Waals surface area (Å²) >= 11 is 0. The Morgan fingerprint density at radius 2 is 2.08 bits per heavy atom. The Hall–Kier alpha value is -1.60. The Balaban J connectivity index is 1.44. The fourth-order valence-electron chi connectivity index (χ4n) is 3.81. The van der Waals surface area contributed by atoms with E-state index in [9.17, 15) is 0 Å². The van der Waals surface area contributed by atoms with Gasteiger partial charge in [-0.3, -0.25) is 9.89 Å². The maximum absolute atomic E-state index is 5.44. The van der Waals surface area contributed by atoms with Crippen LogP contribution in [0.1, 0.15) is 23.4 Å². The van der Waals surface area contributed by atoms with Gasteiger partial charge in [0.2, 0.25) is 0 Å². The van der Waals surface area contributed by atoms with Crippen molar-refractivity contribution >= 4 is 5.96 Å². The number of hydrogen-bond acceptors (Lipinski definition) is 5. The summed E-state index contributed by atoms with van der Waals surface area (Å²) in [6.07, 6.45) is 2.15. The molecule has 1 aromatic rings. The molecule has 7 heteroatoms. The number of ether oxygens (including phenoxy) is 1. The number of likely N-dealkylation sites (tertiary alicyclic amines) is 1. The summed E-state index contributed by atoms with van der Waals surface area (Å²) in [5, 5.41) is 7.52. The minimum atomic E-state index is 0.721. The lowest BCUT2D eigenvalue weighted by Crippen LogP contribution is -2.42. The standard InChI is InChI=1S/C18H31N5O2/c1-14-17(15(2)25-21-14)4-6-20-18(19-3)23-7-5-16(13-23)12-22-8-10-24-11-9-22/h16H,4-13H2,1-3H3,(H,19,20). The Kier molecular flexibility index (Phi) is 6.31. The molecule has 3 heterocycles. The molecule has 3 rings (SSSR count). The summed E-state index contributed by atoms with van der Waals surface area (Å²) in [5.41, 5.74) is 2.19. The molecule has 0 saturated carbocycles. The first-order valence-electron chi connectivity index (χ1n) is 9.35. The van der Waals surface area contributed by atoms with E-state index in [0.29, 0.717) is 0 Å². The molecule has 0 spiro atoms. The molecule has 0 aliphatic carbocycles. The lowest BCUT2D eigenvalue weighted by molar-refractivity contribution is 0.0315. The lowest BCUT2D eigenvalue weighted by Gasteiger charge is -2.29. The first-order chi connectivity index (χ1) is 12.2. The van der Waals surface area contributed by atoms with E-state index in [1.807, 2.05) is 20.9 Å².